The van der Waals surface area contributed by atoms with E-state index in [1.54, 1.807) is 18.5 Å². The van der Waals surface area contributed by atoms with E-state index in [4.69, 9.17) is 11.6 Å². The number of aliphatic hydroxyl groups is 1. The molecule has 1 saturated carbocycles. The van der Waals surface area contributed by atoms with E-state index in [9.17, 15) is 5.11 Å². The maximum absolute atomic E-state index is 9.86. The molecule has 1 atom stereocenters. The number of aromatic nitrogens is 2. The minimum Gasteiger partial charge on any atom is -0.387 e. The molecule has 2 aromatic rings. The monoisotopic (exact) mass is 389 g/mol. The highest BCUT2D eigenvalue weighted by Gasteiger charge is 2.20. The Labute approximate surface area is 168 Å². The fourth-order valence-electron chi connectivity index (χ4n) is 2.44. The minimum absolute atomic E-state index is 0.456. The van der Waals surface area contributed by atoms with Crippen LogP contribution in [0.25, 0.3) is 12.2 Å². The van der Waals surface area contributed by atoms with Crippen LogP contribution in [0, 0.1) is 5.92 Å². The molecule has 148 valence electrons. The Morgan fingerprint density at radius 3 is 2.56 bits per heavy atom. The Kier molecular flexibility index (Phi) is 10.7. The summed E-state index contributed by atoms with van der Waals surface area (Å²) in [6.07, 6.45) is 7.44. The molecule has 1 aromatic heterocycles. The van der Waals surface area contributed by atoms with Gasteiger partial charge in [0.2, 0.25) is 0 Å². The van der Waals surface area contributed by atoms with Gasteiger partial charge in [0, 0.05) is 18.6 Å². The number of imidazole rings is 1. The Morgan fingerprint density at radius 1 is 1.33 bits per heavy atom. The molecule has 1 fully saturated rings. The first-order chi connectivity index (χ1) is 13.0. The molecule has 1 aromatic carbocycles. The zero-order valence-electron chi connectivity index (χ0n) is 16.7. The number of hydrogen-bond acceptors (Lipinski definition) is 3. The summed E-state index contributed by atoms with van der Waals surface area (Å²) in [4.78, 5) is 4.08. The van der Waals surface area contributed by atoms with Gasteiger partial charge in [-0.15, -0.1) is 0 Å². The summed E-state index contributed by atoms with van der Waals surface area (Å²) in [6, 6.07) is 7.39. The summed E-state index contributed by atoms with van der Waals surface area (Å²) in [5, 5.41) is 13.8. The van der Waals surface area contributed by atoms with Crippen LogP contribution >= 0.6 is 11.6 Å². The molecule has 27 heavy (non-hydrogen) atoms. The van der Waals surface area contributed by atoms with Gasteiger partial charge in [-0.05, 0) is 55.2 Å². The number of nitrogens with zero attached hydrogens (tertiary/aromatic N) is 2. The smallest absolute Gasteiger partial charge is 0.0955 e. The highest BCUT2D eigenvalue weighted by atomic mass is 35.5. The molecule has 0 saturated heterocycles. The van der Waals surface area contributed by atoms with E-state index >= 15 is 0 Å². The van der Waals surface area contributed by atoms with Crippen LogP contribution in [0.4, 0.5) is 0 Å². The van der Waals surface area contributed by atoms with Crippen molar-refractivity contribution in [2.24, 2.45) is 13.0 Å². The molecule has 2 N–H and O–H groups in total. The first kappa shape index (κ1) is 23.2. The zero-order valence-corrected chi connectivity index (χ0v) is 17.4. The lowest BCUT2D eigenvalue weighted by molar-refractivity contribution is 0.174. The lowest BCUT2D eigenvalue weighted by atomic mass is 10.1. The van der Waals surface area contributed by atoms with Crippen molar-refractivity contribution in [1.82, 2.24) is 14.9 Å². The average Bonchev–Trinajstić information content (AvgIpc) is 3.44. The summed E-state index contributed by atoms with van der Waals surface area (Å²) in [6.45, 7) is 12.9. The number of aryl methyl sites for hydroxylation is 1. The molecule has 0 radical (unpaired) electrons. The molecule has 1 heterocycles. The Bertz CT molecular complexity index is 707. The zero-order chi connectivity index (χ0) is 20.2. The molecular weight excluding hydrogens is 358 g/mol. The van der Waals surface area contributed by atoms with Crippen LogP contribution < -0.4 is 5.32 Å². The summed E-state index contributed by atoms with van der Waals surface area (Å²) < 4.78 is 1.91. The molecular formula is C22H32ClN3O. The maximum atomic E-state index is 9.86. The third kappa shape index (κ3) is 8.12. The summed E-state index contributed by atoms with van der Waals surface area (Å²) >= 11 is 5.85. The molecule has 0 aliphatic heterocycles. The van der Waals surface area contributed by atoms with Gasteiger partial charge in [-0.3, -0.25) is 0 Å². The third-order valence-electron chi connectivity index (χ3n) is 4.10. The summed E-state index contributed by atoms with van der Waals surface area (Å²) in [7, 11) is 1.93. The van der Waals surface area contributed by atoms with Gasteiger partial charge >= 0.3 is 0 Å². The van der Waals surface area contributed by atoms with E-state index in [0.717, 1.165) is 29.4 Å². The van der Waals surface area contributed by atoms with Gasteiger partial charge in [-0.2, -0.15) is 0 Å². The van der Waals surface area contributed by atoms with Crippen molar-refractivity contribution in [3.63, 3.8) is 0 Å². The Hall–Kier alpha value is -1.88. The maximum Gasteiger partial charge on any atom is 0.0955 e. The highest BCUT2D eigenvalue weighted by Crippen LogP contribution is 2.27. The second kappa shape index (κ2) is 12.5. The van der Waals surface area contributed by atoms with Crippen LogP contribution in [-0.2, 0) is 7.05 Å². The number of halogens is 1. The van der Waals surface area contributed by atoms with Crippen molar-refractivity contribution >= 4 is 23.8 Å². The first-order valence-corrected chi connectivity index (χ1v) is 9.83. The Balaban J connectivity index is 0.000000265. The van der Waals surface area contributed by atoms with Crippen molar-refractivity contribution < 1.29 is 5.11 Å². The van der Waals surface area contributed by atoms with Crippen LogP contribution in [0.1, 0.15) is 49.7 Å². The molecule has 0 bridgehead atoms. The van der Waals surface area contributed by atoms with E-state index in [-0.39, 0.29) is 0 Å². The molecule has 0 amide bonds. The van der Waals surface area contributed by atoms with Gasteiger partial charge < -0.3 is 15.0 Å². The topological polar surface area (TPSA) is 50.1 Å². The minimum atomic E-state index is -0.456. The lowest BCUT2D eigenvalue weighted by Crippen LogP contribution is -2.23. The fourth-order valence-corrected chi connectivity index (χ4v) is 2.64. The lowest BCUT2D eigenvalue weighted by Gasteiger charge is -2.12. The van der Waals surface area contributed by atoms with Crippen LogP contribution in [0.2, 0.25) is 5.02 Å². The molecule has 3 rings (SSSR count). The SMILES string of the molecule is C=Cc1ncn(C)c1C=C.CC.OC(CNCC1CC1)c1cccc(Cl)c1. The van der Waals surface area contributed by atoms with Gasteiger partial charge in [0.25, 0.3) is 0 Å². The number of hydrogen-bond donors (Lipinski definition) is 2. The summed E-state index contributed by atoms with van der Waals surface area (Å²) in [5.74, 6) is 0.844. The highest BCUT2D eigenvalue weighted by molar-refractivity contribution is 6.30. The quantitative estimate of drug-likeness (QED) is 0.692. The molecule has 4 nitrogen and oxygen atoms in total. The van der Waals surface area contributed by atoms with Gasteiger partial charge in [-0.1, -0.05) is 50.7 Å². The van der Waals surface area contributed by atoms with E-state index in [2.05, 4.69) is 23.5 Å². The van der Waals surface area contributed by atoms with Crippen molar-refractivity contribution in [3.8, 4) is 0 Å². The van der Waals surface area contributed by atoms with Crippen LogP contribution in [0.3, 0.4) is 0 Å². The van der Waals surface area contributed by atoms with Crippen molar-refractivity contribution in [2.45, 2.75) is 32.8 Å². The predicted molar refractivity (Wildman–Crippen MR) is 117 cm³/mol. The standard InChI is InChI=1S/C12H16ClNO.C8H10N2.C2H6/c13-11-3-1-2-10(6-11)12(15)8-14-7-9-4-5-9;1-4-7-8(5-2)10(3)6-9-7;1-2/h1-3,6,9,12,14-15H,4-5,7-8H2;4-6H,1-2H2,3H3;1-2H3. The second-order valence-corrected chi connectivity index (χ2v) is 6.64. The second-order valence-electron chi connectivity index (χ2n) is 6.21. The van der Waals surface area contributed by atoms with Gasteiger partial charge in [0.1, 0.15) is 0 Å². The van der Waals surface area contributed by atoms with Gasteiger partial charge in [0.05, 0.1) is 23.8 Å². The first-order valence-electron chi connectivity index (χ1n) is 9.45. The number of nitrogens with one attached hydrogen (secondary N) is 1. The number of benzene rings is 1. The van der Waals surface area contributed by atoms with Crippen LogP contribution in [0.15, 0.2) is 43.8 Å². The molecule has 1 aliphatic rings. The van der Waals surface area contributed by atoms with Gasteiger partial charge in [-0.25, -0.2) is 4.98 Å². The normalized spacial score (nSPS) is 13.5. The van der Waals surface area contributed by atoms with Crippen molar-refractivity contribution in [2.75, 3.05) is 13.1 Å². The molecule has 5 heteroatoms. The molecule has 0 spiro atoms. The summed E-state index contributed by atoms with van der Waals surface area (Å²) in [5.41, 5.74) is 2.78. The number of rotatable bonds is 7. The van der Waals surface area contributed by atoms with Crippen molar-refractivity contribution in [1.29, 1.82) is 0 Å². The largest absolute Gasteiger partial charge is 0.387 e. The predicted octanol–water partition coefficient (Wildman–Crippen LogP) is 5.11. The Morgan fingerprint density at radius 2 is 2.04 bits per heavy atom. The average molecular weight is 390 g/mol. The molecule has 1 unspecified atom stereocenters. The van der Waals surface area contributed by atoms with Gasteiger partial charge in [0.15, 0.2) is 0 Å². The van der Waals surface area contributed by atoms with E-state index in [1.807, 2.05) is 49.7 Å². The van der Waals surface area contributed by atoms with Crippen molar-refractivity contribution in [3.05, 3.63) is 65.7 Å². The van der Waals surface area contributed by atoms with E-state index in [0.29, 0.717) is 11.6 Å². The fraction of sp³-hybridized carbons (Fsp3) is 0.409. The third-order valence-corrected chi connectivity index (χ3v) is 4.34. The van der Waals surface area contributed by atoms with Crippen LogP contribution in [0.5, 0.6) is 0 Å². The number of aliphatic hydroxyl groups excluding tert-OH is 1. The van der Waals surface area contributed by atoms with E-state index < -0.39 is 6.10 Å². The van der Waals surface area contributed by atoms with Crippen LogP contribution in [-0.4, -0.2) is 27.7 Å². The van der Waals surface area contributed by atoms with E-state index in [1.165, 1.54) is 12.8 Å². The molecule has 1 aliphatic carbocycles.